The number of esters is 1. The predicted octanol–water partition coefficient (Wildman–Crippen LogP) is 4.82. The Labute approximate surface area is 226 Å². The molecular weight excluding hydrogens is 508 g/mol. The van der Waals surface area contributed by atoms with Crippen LogP contribution in [0.4, 0.5) is 0 Å². The Morgan fingerprint density at radius 2 is 1.76 bits per heavy atom. The molecule has 2 aromatic rings. The molecule has 0 bridgehead atoms. The van der Waals surface area contributed by atoms with E-state index < -0.39 is 12.0 Å². The van der Waals surface area contributed by atoms with Crippen LogP contribution < -0.4 is 0 Å². The molecule has 3 aliphatic rings. The average molecular weight is 537 g/mol. The smallest absolute Gasteiger partial charge is 0.338 e. The van der Waals surface area contributed by atoms with Gasteiger partial charge in [0.15, 0.2) is 5.17 Å². The van der Waals surface area contributed by atoms with Crippen LogP contribution in [0.25, 0.3) is 0 Å². The molecule has 0 aliphatic carbocycles. The Hall–Kier alpha value is -3.07. The van der Waals surface area contributed by atoms with Gasteiger partial charge in [0.1, 0.15) is 0 Å². The average Bonchev–Trinajstić information content (AvgIpc) is 3.30. The van der Waals surface area contributed by atoms with Crippen LogP contribution in [0.1, 0.15) is 30.5 Å². The number of allylic oxidation sites excluding steroid dienone is 1. The SMILES string of the molecule is COC(=O)C1=C(C)N=C2SC=C(CC(=O)N3CCN(Cc4ccccc4)CC3)N2[C@@H]1c1ccccc1Cl. The first-order valence-electron chi connectivity index (χ1n) is 12.3. The van der Waals surface area contributed by atoms with E-state index >= 15 is 0 Å². The van der Waals surface area contributed by atoms with Crippen LogP contribution in [0.5, 0.6) is 0 Å². The van der Waals surface area contributed by atoms with Crippen LogP contribution in [0.15, 0.2) is 82.0 Å². The van der Waals surface area contributed by atoms with Gasteiger partial charge in [0.05, 0.1) is 30.8 Å². The van der Waals surface area contributed by atoms with Crippen molar-refractivity contribution < 1.29 is 14.3 Å². The number of piperazine rings is 1. The topological polar surface area (TPSA) is 65.5 Å². The minimum absolute atomic E-state index is 0.0660. The number of nitrogens with zero attached hydrogens (tertiary/aromatic N) is 4. The molecule has 1 fully saturated rings. The monoisotopic (exact) mass is 536 g/mol. The number of ether oxygens (including phenoxy) is 1. The zero-order valence-electron chi connectivity index (χ0n) is 20.9. The summed E-state index contributed by atoms with van der Waals surface area (Å²) in [7, 11) is 1.36. The molecule has 0 spiro atoms. The van der Waals surface area contributed by atoms with Crippen molar-refractivity contribution in [3.05, 3.63) is 93.1 Å². The number of hydrogen-bond acceptors (Lipinski definition) is 7. The van der Waals surface area contributed by atoms with Crippen LogP contribution in [0.2, 0.25) is 5.02 Å². The number of amides is 1. The molecule has 7 nitrogen and oxygen atoms in total. The molecule has 0 unspecified atom stereocenters. The van der Waals surface area contributed by atoms with Crippen molar-refractivity contribution in [1.82, 2.24) is 14.7 Å². The first-order chi connectivity index (χ1) is 18.0. The van der Waals surface area contributed by atoms with Gasteiger partial charge in [0.25, 0.3) is 0 Å². The normalized spacial score (nSPS) is 19.9. The van der Waals surface area contributed by atoms with Gasteiger partial charge < -0.3 is 14.5 Å². The molecule has 5 rings (SSSR count). The third-order valence-corrected chi connectivity index (χ3v) is 8.15. The van der Waals surface area contributed by atoms with Crippen molar-refractivity contribution in [3.8, 4) is 0 Å². The predicted molar refractivity (Wildman–Crippen MR) is 147 cm³/mol. The third-order valence-electron chi connectivity index (χ3n) is 6.91. The standard InChI is InChI=1S/C28H29ClN4O3S/c1-19-25(27(35)36-2)26(22-10-6-7-11-23(22)29)33-21(18-37-28(33)30-19)16-24(34)32-14-12-31(13-15-32)17-20-8-4-3-5-9-20/h3-11,18,26H,12-17H2,1-2H3/t26-/m1/s1. The summed E-state index contributed by atoms with van der Waals surface area (Å²) in [5.41, 5.74) is 3.87. The van der Waals surface area contributed by atoms with Crippen LogP contribution in [0.3, 0.4) is 0 Å². The van der Waals surface area contributed by atoms with Crippen molar-refractivity contribution in [2.75, 3.05) is 33.3 Å². The maximum Gasteiger partial charge on any atom is 0.338 e. The lowest BCUT2D eigenvalue weighted by Crippen LogP contribution is -2.48. The van der Waals surface area contributed by atoms with Crippen molar-refractivity contribution in [2.24, 2.45) is 4.99 Å². The number of methoxy groups -OCH3 is 1. The number of carbonyl (C=O) groups is 2. The molecule has 1 saturated heterocycles. The van der Waals surface area contributed by atoms with Crippen LogP contribution in [0, 0.1) is 0 Å². The number of benzene rings is 2. The van der Waals surface area contributed by atoms with E-state index in [0.29, 0.717) is 29.4 Å². The van der Waals surface area contributed by atoms with Crippen molar-refractivity contribution in [1.29, 1.82) is 0 Å². The Morgan fingerprint density at radius 1 is 1.05 bits per heavy atom. The van der Waals surface area contributed by atoms with Crippen LogP contribution >= 0.6 is 23.4 Å². The summed E-state index contributed by atoms with van der Waals surface area (Å²) in [6.07, 6.45) is 0.221. The number of thioether (sulfide) groups is 1. The third kappa shape index (κ3) is 5.32. The highest BCUT2D eigenvalue weighted by Crippen LogP contribution is 2.46. The van der Waals surface area contributed by atoms with Crippen LogP contribution in [-0.4, -0.2) is 65.0 Å². The number of aliphatic imine (C=N–C) groups is 1. The van der Waals surface area contributed by atoms with Crippen molar-refractivity contribution in [2.45, 2.75) is 25.9 Å². The molecule has 3 heterocycles. The Kier molecular flexibility index (Phi) is 7.69. The lowest BCUT2D eigenvalue weighted by Gasteiger charge is -2.38. The molecule has 0 radical (unpaired) electrons. The molecule has 9 heteroatoms. The zero-order chi connectivity index (χ0) is 25.9. The molecule has 1 amide bonds. The molecule has 1 atom stereocenters. The summed E-state index contributed by atoms with van der Waals surface area (Å²) >= 11 is 8.07. The lowest BCUT2D eigenvalue weighted by atomic mass is 9.93. The minimum atomic E-state index is -0.523. The summed E-state index contributed by atoms with van der Waals surface area (Å²) in [6.45, 7) is 5.74. The summed E-state index contributed by atoms with van der Waals surface area (Å²) in [6, 6.07) is 17.3. The molecule has 2 aromatic carbocycles. The minimum Gasteiger partial charge on any atom is -0.466 e. The summed E-state index contributed by atoms with van der Waals surface area (Å²) in [5, 5.41) is 3.23. The summed E-state index contributed by atoms with van der Waals surface area (Å²) in [5.74, 6) is -0.390. The Bertz CT molecular complexity index is 1290. The van der Waals surface area contributed by atoms with Gasteiger partial charge in [0.2, 0.25) is 5.91 Å². The largest absolute Gasteiger partial charge is 0.466 e. The van der Waals surface area contributed by atoms with Gasteiger partial charge in [-0.15, -0.1) is 0 Å². The number of amidine groups is 1. The van der Waals surface area contributed by atoms with E-state index in [4.69, 9.17) is 16.3 Å². The molecule has 192 valence electrons. The van der Waals surface area contributed by atoms with Gasteiger partial charge in [-0.3, -0.25) is 9.69 Å². The van der Waals surface area contributed by atoms with Gasteiger partial charge in [-0.05, 0) is 29.5 Å². The van der Waals surface area contributed by atoms with Crippen molar-refractivity contribution in [3.63, 3.8) is 0 Å². The second-order valence-corrected chi connectivity index (χ2v) is 10.5. The van der Waals surface area contributed by atoms with E-state index in [1.165, 1.54) is 24.4 Å². The van der Waals surface area contributed by atoms with Crippen molar-refractivity contribution >= 4 is 40.4 Å². The van der Waals surface area contributed by atoms with Gasteiger partial charge in [-0.1, -0.05) is 71.9 Å². The van der Waals surface area contributed by atoms with Gasteiger partial charge in [-0.2, -0.15) is 0 Å². The molecule has 0 saturated carbocycles. The Morgan fingerprint density at radius 3 is 2.46 bits per heavy atom. The van der Waals surface area contributed by atoms with Gasteiger partial charge in [-0.25, -0.2) is 9.79 Å². The van der Waals surface area contributed by atoms with Gasteiger partial charge in [0, 0.05) is 43.4 Å². The summed E-state index contributed by atoms with van der Waals surface area (Å²) in [4.78, 5) is 37.2. The highest BCUT2D eigenvalue weighted by atomic mass is 35.5. The summed E-state index contributed by atoms with van der Waals surface area (Å²) < 4.78 is 5.12. The fraction of sp³-hybridized carbons (Fsp3) is 0.321. The highest BCUT2D eigenvalue weighted by molar-refractivity contribution is 8.16. The number of carbonyl (C=O) groups excluding carboxylic acids is 2. The Balaban J connectivity index is 1.32. The lowest BCUT2D eigenvalue weighted by molar-refractivity contribution is -0.136. The maximum absolute atomic E-state index is 13.4. The molecule has 3 aliphatic heterocycles. The van der Waals surface area contributed by atoms with E-state index in [0.717, 1.165) is 36.1 Å². The molecule has 0 aromatic heterocycles. The van der Waals surface area contributed by atoms with Gasteiger partial charge >= 0.3 is 5.97 Å². The van der Waals surface area contributed by atoms with E-state index in [9.17, 15) is 9.59 Å². The molecular formula is C28H29ClN4O3S. The zero-order valence-corrected chi connectivity index (χ0v) is 22.5. The molecule has 37 heavy (non-hydrogen) atoms. The second-order valence-electron chi connectivity index (χ2n) is 9.23. The van der Waals surface area contributed by atoms with E-state index in [1.807, 2.05) is 39.5 Å². The first-order valence-corrected chi connectivity index (χ1v) is 13.5. The number of fused-ring (bicyclic) bond motifs is 1. The fourth-order valence-electron chi connectivity index (χ4n) is 5.00. The number of hydrogen-bond donors (Lipinski definition) is 0. The van der Waals surface area contributed by atoms with E-state index in [1.54, 1.807) is 13.0 Å². The number of rotatable bonds is 6. The maximum atomic E-state index is 13.4. The first kappa shape index (κ1) is 25.6. The van der Waals surface area contributed by atoms with E-state index in [2.05, 4.69) is 34.2 Å². The fourth-order valence-corrected chi connectivity index (χ4v) is 6.20. The number of halogens is 1. The molecule has 0 N–H and O–H groups in total. The van der Waals surface area contributed by atoms with Crippen LogP contribution in [-0.2, 0) is 20.9 Å². The highest BCUT2D eigenvalue weighted by Gasteiger charge is 2.42. The van der Waals surface area contributed by atoms with E-state index in [-0.39, 0.29) is 12.3 Å². The second kappa shape index (κ2) is 11.1. The quantitative estimate of drug-likeness (QED) is 0.493.